The molecule has 2 atom stereocenters. The van der Waals surface area contributed by atoms with Crippen LogP contribution in [-0.4, -0.2) is 43.8 Å². The molecule has 4 nitrogen and oxygen atoms in total. The van der Waals surface area contributed by atoms with E-state index in [1.807, 2.05) is 37.2 Å². The zero-order chi connectivity index (χ0) is 13.7. The number of aliphatic hydroxyl groups excluding tert-OH is 1. The van der Waals surface area contributed by atoms with Gasteiger partial charge in [0.15, 0.2) is 0 Å². The Balaban J connectivity index is 2.81. The van der Waals surface area contributed by atoms with Crippen molar-refractivity contribution in [1.29, 1.82) is 0 Å². The molecule has 0 saturated carbocycles. The number of hydrogen-bond donors (Lipinski definition) is 2. The highest BCUT2D eigenvalue weighted by Gasteiger charge is 2.20. The van der Waals surface area contributed by atoms with E-state index in [4.69, 9.17) is 10.5 Å². The van der Waals surface area contributed by atoms with Crippen molar-refractivity contribution in [1.82, 2.24) is 4.90 Å². The Morgan fingerprint density at radius 1 is 1.44 bits per heavy atom. The quantitative estimate of drug-likeness (QED) is 0.839. The number of ether oxygens (including phenoxy) is 1. The highest BCUT2D eigenvalue weighted by atomic mass is 79.9. The monoisotopic (exact) mass is 316 g/mol. The second-order valence-electron chi connectivity index (χ2n) is 4.59. The summed E-state index contributed by atoms with van der Waals surface area (Å²) < 4.78 is 6.15. The van der Waals surface area contributed by atoms with Gasteiger partial charge in [-0.15, -0.1) is 0 Å². The van der Waals surface area contributed by atoms with Crippen LogP contribution in [0.25, 0.3) is 0 Å². The highest BCUT2D eigenvalue weighted by molar-refractivity contribution is 9.10. The van der Waals surface area contributed by atoms with Gasteiger partial charge in [0.2, 0.25) is 0 Å². The van der Waals surface area contributed by atoms with E-state index < -0.39 is 6.10 Å². The Kier molecular flexibility index (Phi) is 6.08. The minimum atomic E-state index is -0.725. The van der Waals surface area contributed by atoms with Crippen molar-refractivity contribution in [3.8, 4) is 5.75 Å². The van der Waals surface area contributed by atoms with E-state index in [-0.39, 0.29) is 6.04 Å². The Bertz CT molecular complexity index is 385. The summed E-state index contributed by atoms with van der Waals surface area (Å²) in [5, 5.41) is 10.3. The first kappa shape index (κ1) is 15.4. The van der Waals surface area contributed by atoms with E-state index in [0.29, 0.717) is 5.75 Å². The van der Waals surface area contributed by atoms with Crippen LogP contribution in [0.5, 0.6) is 5.75 Å². The Hall–Kier alpha value is -0.620. The van der Waals surface area contributed by atoms with Gasteiger partial charge in [-0.2, -0.15) is 0 Å². The van der Waals surface area contributed by atoms with Gasteiger partial charge >= 0.3 is 0 Å². The number of nitrogens with two attached hydrogens (primary N) is 1. The van der Waals surface area contributed by atoms with Gasteiger partial charge in [-0.1, -0.05) is 15.9 Å². The van der Waals surface area contributed by atoms with Crippen LogP contribution in [0.4, 0.5) is 0 Å². The van der Waals surface area contributed by atoms with Crippen molar-refractivity contribution in [3.63, 3.8) is 0 Å². The molecule has 0 aliphatic heterocycles. The highest BCUT2D eigenvalue weighted by Crippen LogP contribution is 2.30. The molecule has 0 spiro atoms. The minimum absolute atomic E-state index is 0.310. The van der Waals surface area contributed by atoms with Crippen molar-refractivity contribution < 1.29 is 9.84 Å². The molecule has 1 aromatic rings. The average molecular weight is 317 g/mol. The van der Waals surface area contributed by atoms with E-state index in [1.165, 1.54) is 0 Å². The topological polar surface area (TPSA) is 58.7 Å². The summed E-state index contributed by atoms with van der Waals surface area (Å²) >= 11 is 3.39. The van der Waals surface area contributed by atoms with Gasteiger partial charge in [-0.05, 0) is 45.3 Å². The van der Waals surface area contributed by atoms with Gasteiger partial charge in [0, 0.05) is 16.1 Å². The third-order valence-electron chi connectivity index (χ3n) is 2.83. The van der Waals surface area contributed by atoms with Crippen LogP contribution in [0.3, 0.4) is 0 Å². The number of methoxy groups -OCH3 is 1. The second kappa shape index (κ2) is 7.09. The molecule has 0 aliphatic carbocycles. The van der Waals surface area contributed by atoms with E-state index in [9.17, 15) is 5.11 Å². The van der Waals surface area contributed by atoms with Crippen molar-refractivity contribution >= 4 is 15.9 Å². The molecule has 5 heteroatoms. The molecule has 0 aromatic heterocycles. The summed E-state index contributed by atoms with van der Waals surface area (Å²) in [4.78, 5) is 2.05. The molecule has 0 fully saturated rings. The summed E-state index contributed by atoms with van der Waals surface area (Å²) in [5.41, 5.74) is 6.74. The van der Waals surface area contributed by atoms with Crippen molar-refractivity contribution in [2.45, 2.75) is 18.6 Å². The lowest BCUT2D eigenvalue weighted by molar-refractivity contribution is 0.134. The summed E-state index contributed by atoms with van der Waals surface area (Å²) in [6.07, 6.45) is 0.00140. The number of nitrogens with zero attached hydrogens (tertiary/aromatic N) is 1. The van der Waals surface area contributed by atoms with Crippen LogP contribution in [0.1, 0.15) is 18.1 Å². The van der Waals surface area contributed by atoms with Crippen molar-refractivity contribution in [2.24, 2.45) is 5.73 Å². The maximum atomic E-state index is 10.3. The molecule has 0 heterocycles. The molecule has 102 valence electrons. The second-order valence-corrected chi connectivity index (χ2v) is 5.50. The van der Waals surface area contributed by atoms with Crippen LogP contribution in [0.2, 0.25) is 0 Å². The SMILES string of the molecule is COc1ccc(Br)cc1C(O)C(N)CCN(C)C. The first-order chi connectivity index (χ1) is 8.45. The Morgan fingerprint density at radius 2 is 2.11 bits per heavy atom. The van der Waals surface area contributed by atoms with Crippen LogP contribution in [0, 0.1) is 0 Å². The van der Waals surface area contributed by atoms with Crippen LogP contribution >= 0.6 is 15.9 Å². The van der Waals surface area contributed by atoms with Crippen molar-refractivity contribution in [3.05, 3.63) is 28.2 Å². The lowest BCUT2D eigenvalue weighted by atomic mass is 9.99. The first-order valence-corrected chi connectivity index (χ1v) is 6.66. The zero-order valence-electron chi connectivity index (χ0n) is 11.1. The fourth-order valence-electron chi connectivity index (χ4n) is 1.73. The molecule has 3 N–H and O–H groups in total. The van der Waals surface area contributed by atoms with E-state index in [0.717, 1.165) is 23.0 Å². The molecule has 0 radical (unpaired) electrons. The smallest absolute Gasteiger partial charge is 0.124 e. The van der Waals surface area contributed by atoms with Gasteiger partial charge in [0.1, 0.15) is 5.75 Å². The van der Waals surface area contributed by atoms with E-state index >= 15 is 0 Å². The number of benzene rings is 1. The minimum Gasteiger partial charge on any atom is -0.496 e. The van der Waals surface area contributed by atoms with Crippen molar-refractivity contribution in [2.75, 3.05) is 27.7 Å². The summed E-state index contributed by atoms with van der Waals surface area (Å²) in [7, 11) is 5.56. The van der Waals surface area contributed by atoms with Crippen LogP contribution in [-0.2, 0) is 0 Å². The predicted molar refractivity (Wildman–Crippen MR) is 76.8 cm³/mol. The summed E-state index contributed by atoms with van der Waals surface area (Å²) in [6.45, 7) is 0.842. The van der Waals surface area contributed by atoms with Gasteiger partial charge in [0.05, 0.1) is 13.2 Å². The van der Waals surface area contributed by atoms with Crippen LogP contribution < -0.4 is 10.5 Å². The van der Waals surface area contributed by atoms with Crippen LogP contribution in [0.15, 0.2) is 22.7 Å². The van der Waals surface area contributed by atoms with Gasteiger partial charge < -0.3 is 20.5 Å². The standard InChI is InChI=1S/C13H21BrN2O2/c1-16(2)7-6-11(15)13(17)10-8-9(14)4-5-12(10)18-3/h4-5,8,11,13,17H,6-7,15H2,1-3H3. The molecule has 0 bridgehead atoms. The lowest BCUT2D eigenvalue weighted by Crippen LogP contribution is -2.32. The average Bonchev–Trinajstić information content (AvgIpc) is 2.34. The number of rotatable bonds is 6. The third kappa shape index (κ3) is 4.24. The largest absolute Gasteiger partial charge is 0.496 e. The summed E-state index contributed by atoms with van der Waals surface area (Å²) in [6, 6.07) is 5.23. The van der Waals surface area contributed by atoms with E-state index in [2.05, 4.69) is 15.9 Å². The number of hydrogen-bond acceptors (Lipinski definition) is 4. The lowest BCUT2D eigenvalue weighted by Gasteiger charge is -2.22. The van der Waals surface area contributed by atoms with E-state index in [1.54, 1.807) is 7.11 Å². The Labute approximate surface area is 117 Å². The molecule has 0 amide bonds. The molecule has 1 rings (SSSR count). The fraction of sp³-hybridized carbons (Fsp3) is 0.538. The van der Waals surface area contributed by atoms with Gasteiger partial charge in [0.25, 0.3) is 0 Å². The number of aliphatic hydroxyl groups is 1. The maximum Gasteiger partial charge on any atom is 0.124 e. The Morgan fingerprint density at radius 3 is 2.67 bits per heavy atom. The van der Waals surface area contributed by atoms with Gasteiger partial charge in [-0.3, -0.25) is 0 Å². The van der Waals surface area contributed by atoms with Gasteiger partial charge in [-0.25, -0.2) is 0 Å². The molecule has 1 aromatic carbocycles. The molecule has 0 aliphatic rings. The zero-order valence-corrected chi connectivity index (χ0v) is 12.6. The number of halogens is 1. The third-order valence-corrected chi connectivity index (χ3v) is 3.32. The summed E-state index contributed by atoms with van der Waals surface area (Å²) in [5.74, 6) is 0.658. The molecule has 2 unspecified atom stereocenters. The molecule has 18 heavy (non-hydrogen) atoms. The predicted octanol–water partition coefficient (Wildman–Crippen LogP) is 1.77. The molecular formula is C13H21BrN2O2. The first-order valence-electron chi connectivity index (χ1n) is 5.87. The fourth-order valence-corrected chi connectivity index (χ4v) is 2.11. The maximum absolute atomic E-state index is 10.3. The molecular weight excluding hydrogens is 296 g/mol. The normalized spacial score (nSPS) is 14.6. The molecule has 0 saturated heterocycles.